The van der Waals surface area contributed by atoms with Gasteiger partial charge in [0.05, 0.1) is 30.3 Å². The van der Waals surface area contributed by atoms with Gasteiger partial charge in [-0.2, -0.15) is 0 Å². The summed E-state index contributed by atoms with van der Waals surface area (Å²) in [6.07, 6.45) is 0.880. The van der Waals surface area contributed by atoms with Crippen LogP contribution in [0.2, 0.25) is 0 Å². The molecule has 0 aliphatic carbocycles. The van der Waals surface area contributed by atoms with Gasteiger partial charge in [-0.25, -0.2) is 4.39 Å². The molecule has 1 fully saturated rings. The van der Waals surface area contributed by atoms with Crippen molar-refractivity contribution in [3.05, 3.63) is 58.4 Å². The van der Waals surface area contributed by atoms with Crippen molar-refractivity contribution in [2.24, 2.45) is 0 Å². The van der Waals surface area contributed by atoms with Gasteiger partial charge in [-0.1, -0.05) is 0 Å². The van der Waals surface area contributed by atoms with E-state index in [1.54, 1.807) is 12.1 Å². The Morgan fingerprint density at radius 2 is 1.93 bits per heavy atom. The van der Waals surface area contributed by atoms with Gasteiger partial charge in [0.15, 0.2) is 0 Å². The molecule has 0 bridgehead atoms. The Morgan fingerprint density at radius 1 is 1.17 bits per heavy atom. The van der Waals surface area contributed by atoms with Gasteiger partial charge in [0.25, 0.3) is 5.69 Å². The van der Waals surface area contributed by atoms with Crippen molar-refractivity contribution in [2.45, 2.75) is 6.42 Å². The van der Waals surface area contributed by atoms with E-state index >= 15 is 0 Å². The highest BCUT2D eigenvalue weighted by Gasteiger charge is 2.19. The molecule has 0 spiro atoms. The van der Waals surface area contributed by atoms with Crippen molar-refractivity contribution >= 4 is 23.0 Å². The fourth-order valence-electron chi connectivity index (χ4n) is 3.33. The Labute approximate surface area is 168 Å². The van der Waals surface area contributed by atoms with Crippen molar-refractivity contribution in [3.63, 3.8) is 0 Å². The van der Waals surface area contributed by atoms with Crippen LogP contribution in [0.3, 0.4) is 0 Å². The van der Waals surface area contributed by atoms with Crippen molar-refractivity contribution in [1.82, 2.24) is 4.90 Å². The number of non-ortho nitro benzene ring substituents is 1. The van der Waals surface area contributed by atoms with Crippen LogP contribution in [0.25, 0.3) is 0 Å². The Kier molecular flexibility index (Phi) is 6.61. The second-order valence-electron chi connectivity index (χ2n) is 6.78. The Morgan fingerprint density at radius 3 is 2.62 bits per heavy atom. The number of hydrogen-bond donors (Lipinski definition) is 1. The third-order valence-electron chi connectivity index (χ3n) is 4.82. The van der Waals surface area contributed by atoms with E-state index in [0.717, 1.165) is 31.7 Å². The number of halogens is 1. The number of anilines is 2. The lowest BCUT2D eigenvalue weighted by Crippen LogP contribution is -2.36. The molecule has 0 saturated carbocycles. The van der Waals surface area contributed by atoms with Crippen LogP contribution in [-0.2, 0) is 4.79 Å². The largest absolute Gasteiger partial charge is 0.494 e. The van der Waals surface area contributed by atoms with Gasteiger partial charge in [-0.15, -0.1) is 0 Å². The second kappa shape index (κ2) is 9.33. The first-order chi connectivity index (χ1) is 14.0. The molecule has 2 aromatic carbocycles. The number of hydrogen-bond acceptors (Lipinski definition) is 6. The number of nitro groups is 1. The van der Waals surface area contributed by atoms with Crippen LogP contribution in [0.1, 0.15) is 6.42 Å². The van der Waals surface area contributed by atoms with Crippen LogP contribution < -0.4 is 15.0 Å². The van der Waals surface area contributed by atoms with Crippen LogP contribution in [0.15, 0.2) is 42.5 Å². The number of nitro benzene ring substituents is 1. The van der Waals surface area contributed by atoms with E-state index in [1.165, 1.54) is 37.4 Å². The first-order valence-corrected chi connectivity index (χ1v) is 9.31. The van der Waals surface area contributed by atoms with Crippen molar-refractivity contribution in [1.29, 1.82) is 0 Å². The molecule has 8 nitrogen and oxygen atoms in total. The van der Waals surface area contributed by atoms with E-state index < -0.39 is 4.92 Å². The topological polar surface area (TPSA) is 87.9 Å². The first-order valence-electron chi connectivity index (χ1n) is 9.31. The average molecular weight is 402 g/mol. The summed E-state index contributed by atoms with van der Waals surface area (Å²) in [4.78, 5) is 27.1. The maximum absolute atomic E-state index is 13.1. The summed E-state index contributed by atoms with van der Waals surface area (Å²) >= 11 is 0. The lowest BCUT2D eigenvalue weighted by molar-refractivity contribution is -0.384. The molecule has 1 aliphatic heterocycles. The van der Waals surface area contributed by atoms with Gasteiger partial charge < -0.3 is 15.0 Å². The Hall–Kier alpha value is -3.20. The van der Waals surface area contributed by atoms with E-state index in [9.17, 15) is 19.3 Å². The van der Waals surface area contributed by atoms with Crippen molar-refractivity contribution < 1.29 is 18.8 Å². The predicted octanol–water partition coefficient (Wildman–Crippen LogP) is 2.89. The summed E-state index contributed by atoms with van der Waals surface area (Å²) < 4.78 is 18.3. The quantitative estimate of drug-likeness (QED) is 0.591. The van der Waals surface area contributed by atoms with Crippen LogP contribution in [0.4, 0.5) is 21.5 Å². The molecule has 2 aromatic rings. The van der Waals surface area contributed by atoms with Crippen LogP contribution in [-0.4, -0.2) is 55.6 Å². The fraction of sp³-hybridized carbons (Fsp3) is 0.350. The lowest BCUT2D eigenvalue weighted by atomic mass is 10.2. The van der Waals surface area contributed by atoms with Gasteiger partial charge in [0, 0.05) is 37.9 Å². The SMILES string of the molecule is COc1cc([N+](=O)[O-])ccc1NC(=O)CN1CCCN(c2ccc(F)cc2)CC1. The highest BCUT2D eigenvalue weighted by Crippen LogP contribution is 2.29. The minimum atomic E-state index is -0.516. The molecule has 1 heterocycles. The monoisotopic (exact) mass is 402 g/mol. The maximum Gasteiger partial charge on any atom is 0.273 e. The average Bonchev–Trinajstić information content (AvgIpc) is 2.94. The molecule has 1 amide bonds. The van der Waals surface area contributed by atoms with E-state index in [1.807, 2.05) is 0 Å². The minimum Gasteiger partial charge on any atom is -0.494 e. The molecule has 3 rings (SSSR count). The van der Waals surface area contributed by atoms with E-state index in [4.69, 9.17) is 4.74 Å². The molecule has 0 radical (unpaired) electrons. The fourth-order valence-corrected chi connectivity index (χ4v) is 3.33. The second-order valence-corrected chi connectivity index (χ2v) is 6.78. The van der Waals surface area contributed by atoms with Crippen molar-refractivity contribution in [3.8, 4) is 5.75 Å². The maximum atomic E-state index is 13.1. The summed E-state index contributed by atoms with van der Waals surface area (Å²) in [7, 11) is 1.40. The van der Waals surface area contributed by atoms with Gasteiger partial charge in [-0.3, -0.25) is 19.8 Å². The predicted molar refractivity (Wildman–Crippen MR) is 108 cm³/mol. The smallest absolute Gasteiger partial charge is 0.273 e. The number of benzene rings is 2. The number of methoxy groups -OCH3 is 1. The number of nitrogens with one attached hydrogen (secondary N) is 1. The molecular formula is C20H23FN4O4. The number of ether oxygens (including phenoxy) is 1. The minimum absolute atomic E-state index is 0.103. The number of carbonyl (C=O) groups excluding carboxylic acids is 1. The molecule has 1 aliphatic rings. The van der Waals surface area contributed by atoms with Gasteiger partial charge in [0.2, 0.25) is 5.91 Å². The zero-order valence-electron chi connectivity index (χ0n) is 16.1. The van der Waals surface area contributed by atoms with Crippen LogP contribution in [0.5, 0.6) is 5.75 Å². The molecule has 1 saturated heterocycles. The number of amides is 1. The highest BCUT2D eigenvalue weighted by molar-refractivity contribution is 5.93. The van der Waals surface area contributed by atoms with Crippen LogP contribution >= 0.6 is 0 Å². The zero-order chi connectivity index (χ0) is 20.8. The molecule has 1 N–H and O–H groups in total. The van der Waals surface area contributed by atoms with Crippen molar-refractivity contribution in [2.75, 3.05) is 50.1 Å². The lowest BCUT2D eigenvalue weighted by Gasteiger charge is -2.23. The summed E-state index contributed by atoms with van der Waals surface area (Å²) in [5.41, 5.74) is 1.26. The van der Waals surface area contributed by atoms with Crippen LogP contribution in [0, 0.1) is 15.9 Å². The molecule has 9 heteroatoms. The number of rotatable bonds is 6. The Bertz CT molecular complexity index is 875. The summed E-state index contributed by atoms with van der Waals surface area (Å²) in [6, 6.07) is 10.5. The van der Waals surface area contributed by atoms with E-state index in [0.29, 0.717) is 12.2 Å². The Balaban J connectivity index is 1.57. The third kappa shape index (κ3) is 5.41. The molecule has 154 valence electrons. The van der Waals surface area contributed by atoms with E-state index in [-0.39, 0.29) is 29.7 Å². The molecule has 0 unspecified atom stereocenters. The molecule has 0 aromatic heterocycles. The normalized spacial score (nSPS) is 14.9. The summed E-state index contributed by atoms with van der Waals surface area (Å²) in [6.45, 7) is 3.24. The molecular weight excluding hydrogens is 379 g/mol. The highest BCUT2D eigenvalue weighted by atomic mass is 19.1. The van der Waals surface area contributed by atoms with E-state index in [2.05, 4.69) is 15.1 Å². The van der Waals surface area contributed by atoms with Gasteiger partial charge in [0.1, 0.15) is 11.6 Å². The molecule has 0 atom stereocenters. The van der Waals surface area contributed by atoms with Gasteiger partial charge in [-0.05, 0) is 36.8 Å². The molecule has 29 heavy (non-hydrogen) atoms. The first kappa shape index (κ1) is 20.5. The standard InChI is InChI=1S/C20H23FN4O4/c1-29-19-13-17(25(27)28)7-8-18(19)22-20(26)14-23-9-2-10-24(12-11-23)16-5-3-15(21)4-6-16/h3-8,13H,2,9-12,14H2,1H3,(H,22,26). The van der Waals surface area contributed by atoms with Gasteiger partial charge >= 0.3 is 0 Å². The number of carbonyl (C=O) groups is 1. The number of nitrogens with zero attached hydrogens (tertiary/aromatic N) is 3. The zero-order valence-corrected chi connectivity index (χ0v) is 16.1. The third-order valence-corrected chi connectivity index (χ3v) is 4.82. The summed E-state index contributed by atoms with van der Waals surface area (Å²) in [5, 5.41) is 13.6. The summed E-state index contributed by atoms with van der Waals surface area (Å²) in [5.74, 6) is -0.234.